The summed E-state index contributed by atoms with van der Waals surface area (Å²) in [5, 5.41) is 0. The van der Waals surface area contributed by atoms with Crippen LogP contribution >= 0.6 is 0 Å². The first-order valence-corrected chi connectivity index (χ1v) is 15.6. The van der Waals surface area contributed by atoms with Crippen LogP contribution in [0.4, 0.5) is 0 Å². The van der Waals surface area contributed by atoms with Crippen LogP contribution in [0.25, 0.3) is 0 Å². The van der Waals surface area contributed by atoms with Crippen molar-refractivity contribution >= 4 is 0 Å². The van der Waals surface area contributed by atoms with Gasteiger partial charge >= 0.3 is 0 Å². The zero-order valence-corrected chi connectivity index (χ0v) is 25.4. The van der Waals surface area contributed by atoms with Crippen molar-refractivity contribution in [3.63, 3.8) is 0 Å². The van der Waals surface area contributed by atoms with Crippen molar-refractivity contribution in [3.05, 3.63) is 24.3 Å². The molecule has 0 aliphatic rings. The van der Waals surface area contributed by atoms with Gasteiger partial charge in [0.25, 0.3) is 0 Å². The molecule has 0 bridgehead atoms. The van der Waals surface area contributed by atoms with E-state index in [1.807, 2.05) is 0 Å². The van der Waals surface area contributed by atoms with Crippen LogP contribution in [0.3, 0.4) is 0 Å². The molecular formula is C33H65NO2. The summed E-state index contributed by atoms with van der Waals surface area (Å²) < 4.78 is 12.0. The second kappa shape index (κ2) is 27.4. The molecule has 0 saturated heterocycles. The van der Waals surface area contributed by atoms with Crippen LogP contribution in [0.1, 0.15) is 130 Å². The molecule has 2 atom stereocenters. The SMILES string of the molecule is CCCCC/C=C\C/C=C\CCCCCCCCOCC(COCCC(C)CCCC(C)C)N(C)C. The summed E-state index contributed by atoms with van der Waals surface area (Å²) in [6, 6.07) is 0.353. The van der Waals surface area contributed by atoms with Gasteiger partial charge in [0.2, 0.25) is 0 Å². The van der Waals surface area contributed by atoms with E-state index in [2.05, 4.69) is 71.0 Å². The summed E-state index contributed by atoms with van der Waals surface area (Å²) in [5.74, 6) is 1.59. The van der Waals surface area contributed by atoms with E-state index in [9.17, 15) is 0 Å². The van der Waals surface area contributed by atoms with E-state index in [1.54, 1.807) is 0 Å². The van der Waals surface area contributed by atoms with E-state index >= 15 is 0 Å². The molecule has 214 valence electrons. The summed E-state index contributed by atoms with van der Waals surface area (Å²) in [7, 11) is 4.26. The van der Waals surface area contributed by atoms with Gasteiger partial charge in [0.15, 0.2) is 0 Å². The molecule has 0 aliphatic heterocycles. The summed E-state index contributed by atoms with van der Waals surface area (Å²) >= 11 is 0. The Balaban J connectivity index is 3.55. The third kappa shape index (κ3) is 26.4. The molecule has 2 unspecified atom stereocenters. The Hall–Kier alpha value is -0.640. The lowest BCUT2D eigenvalue weighted by molar-refractivity contribution is 0.0176. The van der Waals surface area contributed by atoms with Gasteiger partial charge < -0.3 is 14.4 Å². The highest BCUT2D eigenvalue weighted by molar-refractivity contribution is 4.92. The lowest BCUT2D eigenvalue weighted by atomic mass is 9.98. The minimum atomic E-state index is 0.353. The molecule has 0 aliphatic carbocycles. The van der Waals surface area contributed by atoms with E-state index in [1.165, 1.54) is 96.3 Å². The molecule has 0 fully saturated rings. The Kier molecular flexibility index (Phi) is 26.9. The summed E-state index contributed by atoms with van der Waals surface area (Å²) in [6.45, 7) is 12.6. The normalized spacial score (nSPS) is 14.1. The lowest BCUT2D eigenvalue weighted by Gasteiger charge is -2.24. The first kappa shape index (κ1) is 35.4. The van der Waals surface area contributed by atoms with Crippen molar-refractivity contribution in [1.29, 1.82) is 0 Å². The number of unbranched alkanes of at least 4 members (excludes halogenated alkanes) is 9. The molecule has 3 heteroatoms. The van der Waals surface area contributed by atoms with Gasteiger partial charge in [0.1, 0.15) is 0 Å². The second-order valence-corrected chi connectivity index (χ2v) is 11.6. The van der Waals surface area contributed by atoms with Crippen molar-refractivity contribution in [2.45, 2.75) is 136 Å². The Morgan fingerprint density at radius 1 is 0.611 bits per heavy atom. The van der Waals surface area contributed by atoms with Crippen LogP contribution in [-0.2, 0) is 9.47 Å². The van der Waals surface area contributed by atoms with Gasteiger partial charge in [-0.3, -0.25) is 0 Å². The van der Waals surface area contributed by atoms with Crippen molar-refractivity contribution in [1.82, 2.24) is 4.90 Å². The molecular weight excluding hydrogens is 442 g/mol. The maximum absolute atomic E-state index is 6.01. The summed E-state index contributed by atoms with van der Waals surface area (Å²) in [6.07, 6.45) is 30.0. The standard InChI is InChI=1S/C33H65NO2/c1-7-8-9-10-11-12-13-14-15-16-17-18-19-20-21-22-27-35-29-33(34(5)6)30-36-28-26-32(4)25-23-24-31(2)3/h11-12,14-15,31-33H,7-10,13,16-30H2,1-6H3/b12-11-,15-14-. The van der Waals surface area contributed by atoms with Gasteiger partial charge in [-0.1, -0.05) is 110 Å². The molecule has 3 nitrogen and oxygen atoms in total. The van der Waals surface area contributed by atoms with Gasteiger partial charge in [0, 0.05) is 13.2 Å². The van der Waals surface area contributed by atoms with Crippen LogP contribution in [0.5, 0.6) is 0 Å². The molecule has 36 heavy (non-hydrogen) atoms. The fourth-order valence-electron chi connectivity index (χ4n) is 4.28. The second-order valence-electron chi connectivity index (χ2n) is 11.6. The van der Waals surface area contributed by atoms with Crippen LogP contribution in [0.15, 0.2) is 24.3 Å². The van der Waals surface area contributed by atoms with Gasteiger partial charge in [-0.25, -0.2) is 0 Å². The van der Waals surface area contributed by atoms with E-state index in [4.69, 9.17) is 9.47 Å². The van der Waals surface area contributed by atoms with Gasteiger partial charge in [-0.15, -0.1) is 0 Å². The largest absolute Gasteiger partial charge is 0.380 e. The quantitative estimate of drug-likeness (QED) is 0.0815. The molecule has 0 aromatic rings. The molecule has 0 rings (SSSR count). The maximum atomic E-state index is 6.01. The Morgan fingerprint density at radius 3 is 1.81 bits per heavy atom. The number of allylic oxidation sites excluding steroid dienone is 4. The smallest absolute Gasteiger partial charge is 0.0644 e. The average molecular weight is 508 g/mol. The maximum Gasteiger partial charge on any atom is 0.0644 e. The molecule has 0 saturated carbocycles. The number of nitrogens with zero attached hydrogens (tertiary/aromatic N) is 1. The molecule has 0 aromatic carbocycles. The molecule has 0 heterocycles. The third-order valence-electron chi connectivity index (χ3n) is 7.07. The highest BCUT2D eigenvalue weighted by atomic mass is 16.5. The Bertz CT molecular complexity index is 486. The minimum absolute atomic E-state index is 0.353. The van der Waals surface area contributed by atoms with Gasteiger partial charge in [0.05, 0.1) is 19.3 Å². The predicted octanol–water partition coefficient (Wildman–Crippen LogP) is 9.62. The highest BCUT2D eigenvalue weighted by Crippen LogP contribution is 2.15. The first-order chi connectivity index (χ1) is 17.5. The number of hydrogen-bond donors (Lipinski definition) is 0. The van der Waals surface area contributed by atoms with Crippen LogP contribution in [-0.4, -0.2) is 51.5 Å². The number of ether oxygens (including phenoxy) is 2. The average Bonchev–Trinajstić information content (AvgIpc) is 2.84. The Morgan fingerprint density at radius 2 is 1.19 bits per heavy atom. The number of rotatable bonds is 27. The van der Waals surface area contributed by atoms with Crippen molar-refractivity contribution in [3.8, 4) is 0 Å². The van der Waals surface area contributed by atoms with Crippen LogP contribution < -0.4 is 0 Å². The zero-order chi connectivity index (χ0) is 26.7. The Labute approximate surface area is 227 Å². The zero-order valence-electron chi connectivity index (χ0n) is 25.4. The molecule has 0 radical (unpaired) electrons. The van der Waals surface area contributed by atoms with E-state index in [-0.39, 0.29) is 0 Å². The van der Waals surface area contributed by atoms with Gasteiger partial charge in [-0.2, -0.15) is 0 Å². The highest BCUT2D eigenvalue weighted by Gasteiger charge is 2.12. The molecule has 0 amide bonds. The van der Waals surface area contributed by atoms with Crippen molar-refractivity contribution in [2.24, 2.45) is 11.8 Å². The lowest BCUT2D eigenvalue weighted by Crippen LogP contribution is -2.37. The predicted molar refractivity (Wildman–Crippen MR) is 161 cm³/mol. The fraction of sp³-hybridized carbons (Fsp3) is 0.879. The van der Waals surface area contributed by atoms with Crippen LogP contribution in [0.2, 0.25) is 0 Å². The van der Waals surface area contributed by atoms with Crippen molar-refractivity contribution in [2.75, 3.05) is 40.5 Å². The van der Waals surface area contributed by atoms with Crippen LogP contribution in [0, 0.1) is 11.8 Å². The molecule has 0 N–H and O–H groups in total. The third-order valence-corrected chi connectivity index (χ3v) is 7.07. The number of hydrogen-bond acceptors (Lipinski definition) is 3. The van der Waals surface area contributed by atoms with E-state index < -0.39 is 0 Å². The molecule has 0 aromatic heterocycles. The van der Waals surface area contributed by atoms with Crippen molar-refractivity contribution < 1.29 is 9.47 Å². The monoisotopic (exact) mass is 508 g/mol. The number of likely N-dealkylation sites (N-methyl/N-ethyl adjacent to an activating group) is 1. The molecule has 0 spiro atoms. The minimum Gasteiger partial charge on any atom is -0.380 e. The van der Waals surface area contributed by atoms with E-state index in [0.29, 0.717) is 6.04 Å². The summed E-state index contributed by atoms with van der Waals surface area (Å²) in [5.41, 5.74) is 0. The fourth-order valence-corrected chi connectivity index (χ4v) is 4.28. The van der Waals surface area contributed by atoms with E-state index in [0.717, 1.165) is 44.7 Å². The van der Waals surface area contributed by atoms with Gasteiger partial charge in [-0.05, 0) is 70.9 Å². The first-order valence-electron chi connectivity index (χ1n) is 15.6. The summed E-state index contributed by atoms with van der Waals surface area (Å²) in [4.78, 5) is 2.24. The topological polar surface area (TPSA) is 21.7 Å².